The molecule has 0 spiro atoms. The fraction of sp³-hybridized carbons (Fsp3) is 0.179. The number of fused-ring (bicyclic) bond motifs is 1. The van der Waals surface area contributed by atoms with Crippen molar-refractivity contribution >= 4 is 62.8 Å². The summed E-state index contributed by atoms with van der Waals surface area (Å²) in [5, 5.41) is 26.5. The summed E-state index contributed by atoms with van der Waals surface area (Å²) in [6.45, 7) is 5.90. The number of rotatable bonds is 7. The molecule has 202 valence electrons. The van der Waals surface area contributed by atoms with E-state index in [1.54, 1.807) is 16.8 Å². The second kappa shape index (κ2) is 11.3. The molecule has 8 nitrogen and oxygen atoms in total. The highest BCUT2D eigenvalue weighted by Crippen LogP contribution is 2.37. The highest BCUT2D eigenvalue weighted by molar-refractivity contribution is 6.36. The summed E-state index contributed by atoms with van der Waals surface area (Å²) < 4.78 is 15.5. The van der Waals surface area contributed by atoms with Crippen molar-refractivity contribution in [3.05, 3.63) is 98.4 Å². The molecule has 0 aliphatic rings. The second-order valence-electron chi connectivity index (χ2n) is 9.37. The molecule has 0 bridgehead atoms. The fourth-order valence-electron chi connectivity index (χ4n) is 4.28. The van der Waals surface area contributed by atoms with Crippen LogP contribution in [0.25, 0.3) is 10.9 Å². The predicted octanol–water partition coefficient (Wildman–Crippen LogP) is 8.03. The number of anilines is 3. The molecule has 2 aromatic carbocycles. The van der Waals surface area contributed by atoms with Crippen molar-refractivity contribution in [1.82, 2.24) is 25.0 Å². The summed E-state index contributed by atoms with van der Waals surface area (Å²) in [6, 6.07) is 13.2. The molecule has 1 unspecified atom stereocenters. The Morgan fingerprint density at radius 2 is 1.80 bits per heavy atom. The predicted molar refractivity (Wildman–Crippen MR) is 156 cm³/mol. The minimum absolute atomic E-state index is 0.0495. The van der Waals surface area contributed by atoms with Gasteiger partial charge in [-0.1, -0.05) is 46.1 Å². The van der Waals surface area contributed by atoms with Crippen molar-refractivity contribution in [3.8, 4) is 6.07 Å². The van der Waals surface area contributed by atoms with Crippen molar-refractivity contribution < 1.29 is 4.39 Å². The lowest BCUT2D eigenvalue weighted by molar-refractivity contribution is 0.514. The number of aromatic nitrogens is 5. The first-order chi connectivity index (χ1) is 19.1. The number of benzene rings is 2. The quantitative estimate of drug-likeness (QED) is 0.184. The lowest BCUT2D eigenvalue weighted by Crippen LogP contribution is -2.15. The van der Waals surface area contributed by atoms with Crippen molar-refractivity contribution in [2.45, 2.75) is 32.9 Å². The molecule has 1 atom stereocenters. The van der Waals surface area contributed by atoms with E-state index in [1.807, 2.05) is 39.1 Å². The molecule has 40 heavy (non-hydrogen) atoms. The molecule has 0 aliphatic heterocycles. The minimum Gasteiger partial charge on any atom is -0.373 e. The van der Waals surface area contributed by atoms with E-state index >= 15 is 0 Å². The van der Waals surface area contributed by atoms with Crippen LogP contribution in [0.15, 0.2) is 54.9 Å². The number of hydrogen-bond acceptors (Lipinski definition) is 7. The smallest absolute Gasteiger partial charge is 0.141 e. The summed E-state index contributed by atoms with van der Waals surface area (Å²) in [4.78, 5) is 8.83. The Balaban J connectivity index is 1.63. The number of halogens is 4. The third kappa shape index (κ3) is 5.52. The molecule has 0 aliphatic carbocycles. The van der Waals surface area contributed by atoms with E-state index in [1.165, 1.54) is 24.4 Å². The van der Waals surface area contributed by atoms with E-state index in [2.05, 4.69) is 37.0 Å². The number of hydrogen-bond donors (Lipinski definition) is 2. The van der Waals surface area contributed by atoms with E-state index in [0.717, 1.165) is 11.3 Å². The van der Waals surface area contributed by atoms with Crippen LogP contribution in [0.2, 0.25) is 15.2 Å². The van der Waals surface area contributed by atoms with Gasteiger partial charge in [-0.2, -0.15) is 5.26 Å². The Morgan fingerprint density at radius 1 is 1.02 bits per heavy atom. The Labute approximate surface area is 244 Å². The standard InChI is InChI=1S/C28H22Cl3FN8/c1-14(2)40-13-24(38-39-40)28(19-5-7-25(31)35-15(19)3)37-18-8-20-26(36-17-4-6-23(32)21(29)9-17)16(11-33)12-34-27(20)22(30)10-18/h4-10,12-14,28,37H,1-3H3,(H,34,36). The molecule has 0 saturated carbocycles. The van der Waals surface area contributed by atoms with Gasteiger partial charge in [0, 0.05) is 40.3 Å². The van der Waals surface area contributed by atoms with E-state index in [0.29, 0.717) is 43.8 Å². The molecule has 0 saturated heterocycles. The van der Waals surface area contributed by atoms with Crippen molar-refractivity contribution in [2.75, 3.05) is 10.6 Å². The van der Waals surface area contributed by atoms with Crippen LogP contribution in [0, 0.1) is 24.1 Å². The Hall–Kier alpha value is -3.97. The summed E-state index contributed by atoms with van der Waals surface area (Å²) in [5.41, 5.74) is 4.57. The molecule has 5 aromatic rings. The maximum absolute atomic E-state index is 13.8. The highest BCUT2D eigenvalue weighted by Gasteiger charge is 2.23. The first-order valence-corrected chi connectivity index (χ1v) is 13.3. The van der Waals surface area contributed by atoms with Crippen LogP contribution in [-0.2, 0) is 0 Å². The normalized spacial score (nSPS) is 12.0. The zero-order chi connectivity index (χ0) is 28.6. The van der Waals surface area contributed by atoms with Gasteiger partial charge in [-0.3, -0.25) is 4.98 Å². The molecule has 0 fully saturated rings. The van der Waals surface area contributed by atoms with Gasteiger partial charge >= 0.3 is 0 Å². The Bertz CT molecular complexity index is 1780. The number of nitrogens with one attached hydrogen (secondary N) is 2. The van der Waals surface area contributed by atoms with Crippen LogP contribution in [-0.4, -0.2) is 25.0 Å². The highest BCUT2D eigenvalue weighted by atomic mass is 35.5. The minimum atomic E-state index is -0.547. The van der Waals surface area contributed by atoms with Gasteiger partial charge in [0.2, 0.25) is 0 Å². The van der Waals surface area contributed by atoms with Crippen molar-refractivity contribution in [3.63, 3.8) is 0 Å². The zero-order valence-electron chi connectivity index (χ0n) is 21.5. The van der Waals surface area contributed by atoms with E-state index in [4.69, 9.17) is 34.8 Å². The summed E-state index contributed by atoms with van der Waals surface area (Å²) in [7, 11) is 0. The molecule has 0 radical (unpaired) electrons. The van der Waals surface area contributed by atoms with Gasteiger partial charge in [0.1, 0.15) is 22.7 Å². The first-order valence-electron chi connectivity index (χ1n) is 12.2. The lowest BCUT2D eigenvalue weighted by Gasteiger charge is -2.21. The topological polar surface area (TPSA) is 104 Å². The van der Waals surface area contributed by atoms with Crippen molar-refractivity contribution in [2.24, 2.45) is 0 Å². The second-order valence-corrected chi connectivity index (χ2v) is 10.6. The monoisotopic (exact) mass is 594 g/mol. The molecular formula is C28H22Cl3FN8. The van der Waals surface area contributed by atoms with Crippen LogP contribution in [0.1, 0.15) is 48.4 Å². The maximum atomic E-state index is 13.8. The molecule has 0 amide bonds. The van der Waals surface area contributed by atoms with E-state index in [9.17, 15) is 9.65 Å². The van der Waals surface area contributed by atoms with Gasteiger partial charge in [-0.25, -0.2) is 14.1 Å². The Morgan fingerprint density at radius 3 is 2.48 bits per heavy atom. The average Bonchev–Trinajstić information content (AvgIpc) is 3.41. The molecule has 2 N–H and O–H groups in total. The van der Waals surface area contributed by atoms with Gasteiger partial charge in [0.05, 0.1) is 39.1 Å². The Kier molecular flexibility index (Phi) is 7.76. The van der Waals surface area contributed by atoms with E-state index in [-0.39, 0.29) is 16.6 Å². The zero-order valence-corrected chi connectivity index (χ0v) is 23.8. The summed E-state index contributed by atoms with van der Waals surface area (Å²) in [6.07, 6.45) is 3.31. The van der Waals surface area contributed by atoms with Crippen LogP contribution in [0.5, 0.6) is 0 Å². The number of nitriles is 1. The van der Waals surface area contributed by atoms with Crippen LogP contribution in [0.4, 0.5) is 21.5 Å². The number of pyridine rings is 2. The molecule has 12 heteroatoms. The summed E-state index contributed by atoms with van der Waals surface area (Å²) >= 11 is 18.8. The van der Waals surface area contributed by atoms with Crippen molar-refractivity contribution in [1.29, 1.82) is 5.26 Å². The average molecular weight is 596 g/mol. The molecule has 5 rings (SSSR count). The van der Waals surface area contributed by atoms with Gasteiger partial charge in [-0.05, 0) is 57.2 Å². The van der Waals surface area contributed by atoms with Gasteiger partial charge < -0.3 is 10.6 Å². The van der Waals surface area contributed by atoms with Gasteiger partial charge in [-0.15, -0.1) is 5.10 Å². The summed E-state index contributed by atoms with van der Waals surface area (Å²) in [5.74, 6) is -0.547. The molecule has 3 aromatic heterocycles. The van der Waals surface area contributed by atoms with Crippen LogP contribution >= 0.6 is 34.8 Å². The maximum Gasteiger partial charge on any atom is 0.141 e. The third-order valence-corrected chi connectivity index (χ3v) is 7.09. The van der Waals surface area contributed by atoms with Gasteiger partial charge in [0.15, 0.2) is 0 Å². The van der Waals surface area contributed by atoms with Crippen LogP contribution < -0.4 is 10.6 Å². The number of nitrogens with zero attached hydrogens (tertiary/aromatic N) is 6. The largest absolute Gasteiger partial charge is 0.373 e. The lowest BCUT2D eigenvalue weighted by atomic mass is 10.0. The SMILES string of the molecule is Cc1nc(Cl)ccc1C(Nc1cc(Cl)c2ncc(C#N)c(Nc3ccc(F)c(Cl)c3)c2c1)c1cn(C(C)C)nn1. The molecular weight excluding hydrogens is 574 g/mol. The third-order valence-electron chi connectivity index (χ3n) is 6.30. The van der Waals surface area contributed by atoms with Gasteiger partial charge in [0.25, 0.3) is 0 Å². The van der Waals surface area contributed by atoms with Crippen LogP contribution in [0.3, 0.4) is 0 Å². The number of aryl methyl sites for hydroxylation is 1. The first kappa shape index (κ1) is 27.6. The fourth-order valence-corrected chi connectivity index (χ4v) is 4.92. The van der Waals surface area contributed by atoms with E-state index < -0.39 is 11.9 Å². The molecule has 3 heterocycles.